The lowest BCUT2D eigenvalue weighted by Gasteiger charge is -2.19. The molecule has 3 heterocycles. The van der Waals surface area contributed by atoms with Crippen molar-refractivity contribution in [2.24, 2.45) is 0 Å². The zero-order valence-electron chi connectivity index (χ0n) is 13.6. The molecule has 0 atom stereocenters. The standard InChI is InChI=1S/C19H19N5/c1-14-22-18(21-13-15-5-4-9-20-12-15)11-19(23-14)24-10-8-16-6-2-3-7-17(16)24/h2-7,9,11-12H,8,10,13H2,1H3,(H,21,22,23). The minimum atomic E-state index is 0.695. The van der Waals surface area contributed by atoms with Crippen molar-refractivity contribution in [2.45, 2.75) is 19.9 Å². The van der Waals surface area contributed by atoms with Crippen LogP contribution in [0.25, 0.3) is 0 Å². The monoisotopic (exact) mass is 317 g/mol. The van der Waals surface area contributed by atoms with E-state index in [-0.39, 0.29) is 0 Å². The van der Waals surface area contributed by atoms with E-state index < -0.39 is 0 Å². The second kappa shape index (κ2) is 6.28. The number of hydrogen-bond donors (Lipinski definition) is 1. The summed E-state index contributed by atoms with van der Waals surface area (Å²) < 4.78 is 0. The summed E-state index contributed by atoms with van der Waals surface area (Å²) in [5, 5.41) is 3.37. The largest absolute Gasteiger partial charge is 0.366 e. The molecular weight excluding hydrogens is 298 g/mol. The van der Waals surface area contributed by atoms with Gasteiger partial charge in [-0.2, -0.15) is 0 Å². The molecule has 1 aromatic carbocycles. The van der Waals surface area contributed by atoms with Gasteiger partial charge in [0.05, 0.1) is 0 Å². The number of nitrogens with one attached hydrogen (secondary N) is 1. The van der Waals surface area contributed by atoms with Crippen LogP contribution in [0.5, 0.6) is 0 Å². The van der Waals surface area contributed by atoms with Crippen molar-refractivity contribution in [3.8, 4) is 0 Å². The van der Waals surface area contributed by atoms with Crippen molar-refractivity contribution in [3.63, 3.8) is 0 Å². The Labute approximate surface area is 141 Å². The molecule has 5 nitrogen and oxygen atoms in total. The molecule has 1 aliphatic rings. The lowest BCUT2D eigenvalue weighted by atomic mass is 10.2. The molecule has 0 fully saturated rings. The van der Waals surface area contributed by atoms with Gasteiger partial charge in [0.15, 0.2) is 0 Å². The molecule has 0 spiro atoms. The molecule has 0 unspecified atom stereocenters. The highest BCUT2D eigenvalue weighted by Crippen LogP contribution is 2.33. The van der Waals surface area contributed by atoms with Crippen molar-refractivity contribution in [1.82, 2.24) is 15.0 Å². The Morgan fingerprint density at radius 2 is 2.04 bits per heavy atom. The Morgan fingerprint density at radius 3 is 2.92 bits per heavy atom. The van der Waals surface area contributed by atoms with Crippen molar-refractivity contribution in [2.75, 3.05) is 16.8 Å². The summed E-state index contributed by atoms with van der Waals surface area (Å²) in [5.74, 6) is 2.55. The molecule has 4 rings (SSSR count). The number of aryl methyl sites for hydroxylation is 1. The van der Waals surface area contributed by atoms with E-state index >= 15 is 0 Å². The Hall–Kier alpha value is -2.95. The quantitative estimate of drug-likeness (QED) is 0.798. The van der Waals surface area contributed by atoms with Crippen molar-refractivity contribution < 1.29 is 0 Å². The van der Waals surface area contributed by atoms with Gasteiger partial charge in [-0.25, -0.2) is 9.97 Å². The van der Waals surface area contributed by atoms with Crippen LogP contribution in [0.2, 0.25) is 0 Å². The molecule has 0 aliphatic carbocycles. The van der Waals surface area contributed by atoms with Crippen LogP contribution in [0.4, 0.5) is 17.3 Å². The zero-order chi connectivity index (χ0) is 16.4. The fourth-order valence-electron chi connectivity index (χ4n) is 3.05. The lowest BCUT2D eigenvalue weighted by molar-refractivity contribution is 0.940. The van der Waals surface area contributed by atoms with E-state index in [9.17, 15) is 0 Å². The molecule has 5 heteroatoms. The molecular formula is C19H19N5. The van der Waals surface area contributed by atoms with Gasteiger partial charge in [-0.15, -0.1) is 0 Å². The third-order valence-corrected chi connectivity index (χ3v) is 4.18. The number of anilines is 3. The van der Waals surface area contributed by atoms with Gasteiger partial charge in [0.2, 0.25) is 0 Å². The number of para-hydroxylation sites is 1. The molecule has 0 saturated heterocycles. The van der Waals surface area contributed by atoms with Crippen LogP contribution < -0.4 is 10.2 Å². The first-order chi connectivity index (χ1) is 11.8. The van der Waals surface area contributed by atoms with Gasteiger partial charge in [-0.1, -0.05) is 24.3 Å². The van der Waals surface area contributed by atoms with Gasteiger partial charge in [0.1, 0.15) is 17.5 Å². The fourth-order valence-corrected chi connectivity index (χ4v) is 3.05. The summed E-state index contributed by atoms with van der Waals surface area (Å²) in [6, 6.07) is 14.5. The average molecular weight is 317 g/mol. The average Bonchev–Trinajstić information content (AvgIpc) is 3.05. The maximum Gasteiger partial charge on any atom is 0.138 e. The first-order valence-corrected chi connectivity index (χ1v) is 8.13. The number of pyridine rings is 1. The maximum absolute atomic E-state index is 4.63. The van der Waals surface area contributed by atoms with Crippen molar-refractivity contribution in [1.29, 1.82) is 0 Å². The van der Waals surface area contributed by atoms with Crippen LogP contribution in [-0.2, 0) is 13.0 Å². The smallest absolute Gasteiger partial charge is 0.138 e. The highest BCUT2D eigenvalue weighted by molar-refractivity contribution is 5.68. The summed E-state index contributed by atoms with van der Waals surface area (Å²) >= 11 is 0. The Kier molecular flexibility index (Phi) is 3.83. The van der Waals surface area contributed by atoms with Crippen molar-refractivity contribution >= 4 is 17.3 Å². The minimum absolute atomic E-state index is 0.695. The van der Waals surface area contributed by atoms with E-state index in [0.29, 0.717) is 6.54 Å². The number of nitrogens with zero attached hydrogens (tertiary/aromatic N) is 4. The summed E-state index contributed by atoms with van der Waals surface area (Å²) in [7, 11) is 0. The predicted octanol–water partition coefficient (Wildman–Crippen LogP) is 3.49. The molecule has 0 amide bonds. The molecule has 1 aliphatic heterocycles. The van der Waals surface area contributed by atoms with Gasteiger partial charge >= 0.3 is 0 Å². The van der Waals surface area contributed by atoms with Crippen LogP contribution in [0.3, 0.4) is 0 Å². The van der Waals surface area contributed by atoms with E-state index in [4.69, 9.17) is 0 Å². The molecule has 1 N–H and O–H groups in total. The second-order valence-electron chi connectivity index (χ2n) is 5.90. The summed E-state index contributed by atoms with van der Waals surface area (Å²) in [5.41, 5.74) is 3.74. The van der Waals surface area contributed by atoms with Gasteiger partial charge in [0, 0.05) is 37.2 Å². The fraction of sp³-hybridized carbons (Fsp3) is 0.211. The molecule has 0 saturated carbocycles. The molecule has 3 aromatic rings. The number of rotatable bonds is 4. The number of fused-ring (bicyclic) bond motifs is 1. The number of hydrogen-bond acceptors (Lipinski definition) is 5. The summed E-state index contributed by atoms with van der Waals surface area (Å²) in [4.78, 5) is 15.5. The van der Waals surface area contributed by atoms with Gasteiger partial charge in [0.25, 0.3) is 0 Å². The maximum atomic E-state index is 4.63. The van der Waals surface area contributed by atoms with E-state index in [2.05, 4.69) is 49.4 Å². The second-order valence-corrected chi connectivity index (χ2v) is 5.90. The predicted molar refractivity (Wildman–Crippen MR) is 95.5 cm³/mol. The highest BCUT2D eigenvalue weighted by Gasteiger charge is 2.21. The topological polar surface area (TPSA) is 53.9 Å². The van der Waals surface area contributed by atoms with Crippen LogP contribution in [-0.4, -0.2) is 21.5 Å². The van der Waals surface area contributed by atoms with E-state index in [1.54, 1.807) is 6.20 Å². The highest BCUT2D eigenvalue weighted by atomic mass is 15.2. The first kappa shape index (κ1) is 14.6. The Bertz CT molecular complexity index is 847. The van der Waals surface area contributed by atoms with E-state index in [0.717, 1.165) is 36.0 Å². The summed E-state index contributed by atoms with van der Waals surface area (Å²) in [6.45, 7) is 3.58. The third-order valence-electron chi connectivity index (χ3n) is 4.18. The number of aromatic nitrogens is 3. The van der Waals surface area contributed by atoms with Crippen LogP contribution in [0.15, 0.2) is 54.9 Å². The minimum Gasteiger partial charge on any atom is -0.366 e. The van der Waals surface area contributed by atoms with Crippen LogP contribution in [0, 0.1) is 6.92 Å². The van der Waals surface area contributed by atoms with E-state index in [1.165, 1.54) is 11.3 Å². The van der Waals surface area contributed by atoms with Gasteiger partial charge in [-0.05, 0) is 36.6 Å². The number of benzene rings is 1. The zero-order valence-corrected chi connectivity index (χ0v) is 13.6. The SMILES string of the molecule is Cc1nc(NCc2cccnc2)cc(N2CCc3ccccc32)n1. The van der Waals surface area contributed by atoms with Crippen LogP contribution in [0.1, 0.15) is 17.0 Å². The van der Waals surface area contributed by atoms with E-state index in [1.807, 2.05) is 31.3 Å². The third kappa shape index (κ3) is 2.93. The summed E-state index contributed by atoms with van der Waals surface area (Å²) in [6.07, 6.45) is 4.69. The Morgan fingerprint density at radius 1 is 1.12 bits per heavy atom. The molecule has 2 aromatic heterocycles. The van der Waals surface area contributed by atoms with Gasteiger partial charge < -0.3 is 10.2 Å². The lowest BCUT2D eigenvalue weighted by Crippen LogP contribution is -2.16. The molecule has 120 valence electrons. The van der Waals surface area contributed by atoms with Crippen LogP contribution >= 0.6 is 0 Å². The molecule has 0 bridgehead atoms. The normalized spacial score (nSPS) is 13.0. The Balaban J connectivity index is 1.58. The van der Waals surface area contributed by atoms with Gasteiger partial charge in [-0.3, -0.25) is 4.98 Å². The first-order valence-electron chi connectivity index (χ1n) is 8.13. The molecule has 24 heavy (non-hydrogen) atoms. The molecule has 0 radical (unpaired) electrons. The van der Waals surface area contributed by atoms with Crippen molar-refractivity contribution in [3.05, 3.63) is 71.8 Å².